The maximum Gasteiger partial charge on any atom is 0.437 e. The first-order valence-corrected chi connectivity index (χ1v) is 7.28. The zero-order valence-electron chi connectivity index (χ0n) is 12.4. The lowest BCUT2D eigenvalue weighted by Gasteiger charge is -2.44. The van der Waals surface area contributed by atoms with Gasteiger partial charge in [0.2, 0.25) is 0 Å². The van der Waals surface area contributed by atoms with Crippen LogP contribution >= 0.6 is 11.6 Å². The van der Waals surface area contributed by atoms with Crippen molar-refractivity contribution in [2.75, 3.05) is 6.61 Å². The van der Waals surface area contributed by atoms with E-state index in [1.54, 1.807) is 0 Å². The maximum absolute atomic E-state index is 13.4. The van der Waals surface area contributed by atoms with E-state index >= 15 is 0 Å². The largest absolute Gasteiger partial charge is 0.466 e. The second kappa shape index (κ2) is 6.48. The van der Waals surface area contributed by atoms with Gasteiger partial charge in [-0.1, -0.05) is 23.7 Å². The number of alkyl halides is 3. The highest BCUT2D eigenvalue weighted by Gasteiger charge is 2.67. The molecule has 2 amide bonds. The number of nitrogens with one attached hydrogen (secondary N) is 2. The molecular formula is C14H14ClF3N2O4. The Labute approximate surface area is 139 Å². The van der Waals surface area contributed by atoms with Gasteiger partial charge in [0.15, 0.2) is 0 Å². The number of aliphatic hydroxyl groups is 1. The number of halogens is 4. The second-order valence-electron chi connectivity index (χ2n) is 5.12. The SMILES string of the molecule is CCOC(=O)[C@@H]1[C@H](c2ccc(Cl)cc2)NC(=O)N[C@]1(O)C(F)(F)F. The minimum absolute atomic E-state index is 0.162. The number of carbonyl (C=O) groups is 2. The van der Waals surface area contributed by atoms with Crippen LogP contribution in [0.3, 0.4) is 0 Å². The summed E-state index contributed by atoms with van der Waals surface area (Å²) in [4.78, 5) is 23.8. The highest BCUT2D eigenvalue weighted by atomic mass is 35.5. The van der Waals surface area contributed by atoms with Crippen molar-refractivity contribution in [1.29, 1.82) is 0 Å². The number of amides is 2. The van der Waals surface area contributed by atoms with Gasteiger partial charge in [-0.05, 0) is 24.6 Å². The van der Waals surface area contributed by atoms with E-state index < -0.39 is 35.9 Å². The standard InChI is InChI=1S/C14H14ClF3N2O4/c1-2-24-11(21)9-10(7-3-5-8(15)6-4-7)19-12(22)20-13(9,23)14(16,17)18/h3-6,9-10,23H,2H2,1H3,(H2,19,20,22)/t9-,10-,13+/m0/s1. The van der Waals surface area contributed by atoms with Crippen LogP contribution in [0.2, 0.25) is 5.02 Å². The summed E-state index contributed by atoms with van der Waals surface area (Å²) < 4.78 is 44.8. The molecule has 10 heteroatoms. The summed E-state index contributed by atoms with van der Waals surface area (Å²) in [5.41, 5.74) is -3.61. The van der Waals surface area contributed by atoms with Crippen LogP contribution in [-0.4, -0.2) is 35.6 Å². The molecule has 24 heavy (non-hydrogen) atoms. The van der Waals surface area contributed by atoms with Crippen LogP contribution in [-0.2, 0) is 9.53 Å². The van der Waals surface area contributed by atoms with Gasteiger partial charge in [-0.3, -0.25) is 4.79 Å². The number of hydrogen-bond acceptors (Lipinski definition) is 4. The summed E-state index contributed by atoms with van der Waals surface area (Å²) in [6, 6.07) is 2.75. The molecule has 1 saturated heterocycles. The van der Waals surface area contributed by atoms with Gasteiger partial charge in [-0.25, -0.2) is 4.79 Å². The van der Waals surface area contributed by atoms with Crippen molar-refractivity contribution in [2.24, 2.45) is 5.92 Å². The molecule has 0 saturated carbocycles. The molecule has 0 aromatic heterocycles. The molecule has 0 bridgehead atoms. The third kappa shape index (κ3) is 3.27. The molecular weight excluding hydrogens is 353 g/mol. The topological polar surface area (TPSA) is 87.7 Å². The van der Waals surface area contributed by atoms with Crippen LogP contribution < -0.4 is 10.6 Å². The van der Waals surface area contributed by atoms with Crippen molar-refractivity contribution >= 4 is 23.6 Å². The van der Waals surface area contributed by atoms with Crippen molar-refractivity contribution in [3.05, 3.63) is 34.9 Å². The quantitative estimate of drug-likeness (QED) is 0.715. The van der Waals surface area contributed by atoms with Gasteiger partial charge in [0.05, 0.1) is 12.6 Å². The molecule has 3 N–H and O–H groups in total. The van der Waals surface area contributed by atoms with Crippen LogP contribution in [0.4, 0.5) is 18.0 Å². The first-order chi connectivity index (χ1) is 11.1. The van der Waals surface area contributed by atoms with Gasteiger partial charge in [0.25, 0.3) is 5.72 Å². The zero-order valence-corrected chi connectivity index (χ0v) is 13.1. The Morgan fingerprint density at radius 2 is 1.96 bits per heavy atom. The second-order valence-corrected chi connectivity index (χ2v) is 5.56. The molecule has 6 nitrogen and oxygen atoms in total. The van der Waals surface area contributed by atoms with Crippen molar-refractivity contribution in [3.63, 3.8) is 0 Å². The summed E-state index contributed by atoms with van der Waals surface area (Å²) in [5.74, 6) is -3.44. The average Bonchev–Trinajstić information content (AvgIpc) is 2.46. The van der Waals surface area contributed by atoms with Gasteiger partial charge in [-0.2, -0.15) is 13.2 Å². The third-order valence-corrected chi connectivity index (χ3v) is 3.83. The lowest BCUT2D eigenvalue weighted by atomic mass is 9.82. The minimum Gasteiger partial charge on any atom is -0.466 e. The summed E-state index contributed by atoms with van der Waals surface area (Å²) in [7, 11) is 0. The van der Waals surface area contributed by atoms with E-state index in [2.05, 4.69) is 10.1 Å². The highest BCUT2D eigenvalue weighted by Crippen LogP contribution is 2.43. The third-order valence-electron chi connectivity index (χ3n) is 3.58. The zero-order chi connectivity index (χ0) is 18.1. The molecule has 1 aliphatic rings. The van der Waals surface area contributed by atoms with E-state index in [0.29, 0.717) is 5.02 Å². The van der Waals surface area contributed by atoms with E-state index in [0.717, 1.165) is 0 Å². The van der Waals surface area contributed by atoms with Crippen molar-refractivity contribution in [1.82, 2.24) is 10.6 Å². The van der Waals surface area contributed by atoms with Gasteiger partial charge in [0, 0.05) is 5.02 Å². The van der Waals surface area contributed by atoms with Crippen molar-refractivity contribution in [3.8, 4) is 0 Å². The summed E-state index contributed by atoms with van der Waals surface area (Å²) in [5, 5.41) is 14.0. The van der Waals surface area contributed by atoms with E-state index in [9.17, 15) is 27.9 Å². The highest BCUT2D eigenvalue weighted by molar-refractivity contribution is 6.30. The molecule has 1 aromatic rings. The molecule has 1 aliphatic heterocycles. The van der Waals surface area contributed by atoms with E-state index in [4.69, 9.17) is 11.6 Å². The van der Waals surface area contributed by atoms with Crippen molar-refractivity contribution in [2.45, 2.75) is 24.9 Å². The minimum atomic E-state index is -5.30. The van der Waals surface area contributed by atoms with Gasteiger partial charge < -0.3 is 20.5 Å². The van der Waals surface area contributed by atoms with Gasteiger partial charge >= 0.3 is 18.2 Å². The predicted octanol–water partition coefficient (Wildman–Crippen LogP) is 2.12. The van der Waals surface area contributed by atoms with Gasteiger partial charge in [0.1, 0.15) is 5.92 Å². The lowest BCUT2D eigenvalue weighted by Crippen LogP contribution is -2.73. The molecule has 0 aliphatic carbocycles. The Hall–Kier alpha value is -2.00. The van der Waals surface area contributed by atoms with E-state index in [1.807, 2.05) is 0 Å². The van der Waals surface area contributed by atoms with E-state index in [-0.39, 0.29) is 12.2 Å². The monoisotopic (exact) mass is 366 g/mol. The van der Waals surface area contributed by atoms with E-state index in [1.165, 1.54) is 36.5 Å². The molecule has 1 heterocycles. The van der Waals surface area contributed by atoms with Crippen molar-refractivity contribution < 1.29 is 32.6 Å². The Kier molecular flexibility index (Phi) is 4.95. The number of carbonyl (C=O) groups excluding carboxylic acids is 2. The fraction of sp³-hybridized carbons (Fsp3) is 0.429. The maximum atomic E-state index is 13.4. The summed E-state index contributed by atoms with van der Waals surface area (Å²) >= 11 is 5.74. The molecule has 132 valence electrons. The number of hydrogen-bond donors (Lipinski definition) is 3. The molecule has 1 fully saturated rings. The Balaban J connectivity index is 2.55. The Bertz CT molecular complexity index is 638. The fourth-order valence-corrected chi connectivity index (χ4v) is 2.61. The van der Waals surface area contributed by atoms with Crippen LogP contribution in [0, 0.1) is 5.92 Å². The first kappa shape index (κ1) is 18.3. The number of benzene rings is 1. The Morgan fingerprint density at radius 1 is 1.38 bits per heavy atom. The van der Waals surface area contributed by atoms with Crippen LogP contribution in [0.15, 0.2) is 24.3 Å². The smallest absolute Gasteiger partial charge is 0.437 e. The van der Waals surface area contributed by atoms with Crippen LogP contribution in [0.25, 0.3) is 0 Å². The molecule has 1 aromatic carbocycles. The number of rotatable bonds is 3. The van der Waals surface area contributed by atoms with Crippen LogP contribution in [0.5, 0.6) is 0 Å². The normalized spacial score (nSPS) is 27.2. The molecule has 0 radical (unpaired) electrons. The number of esters is 1. The molecule has 0 spiro atoms. The van der Waals surface area contributed by atoms with Gasteiger partial charge in [-0.15, -0.1) is 0 Å². The summed E-state index contributed by atoms with van der Waals surface area (Å²) in [6.45, 7) is 1.22. The molecule has 3 atom stereocenters. The first-order valence-electron chi connectivity index (χ1n) is 6.90. The molecule has 0 unspecified atom stereocenters. The molecule has 2 rings (SSSR count). The van der Waals surface area contributed by atoms with Crippen LogP contribution in [0.1, 0.15) is 18.5 Å². The number of ether oxygens (including phenoxy) is 1. The lowest BCUT2D eigenvalue weighted by molar-refractivity contribution is -0.294. The fourth-order valence-electron chi connectivity index (χ4n) is 2.48. The number of urea groups is 1. The average molecular weight is 367 g/mol. The Morgan fingerprint density at radius 3 is 2.46 bits per heavy atom. The predicted molar refractivity (Wildman–Crippen MR) is 77.0 cm³/mol. The summed E-state index contributed by atoms with van der Waals surface area (Å²) in [6.07, 6.45) is -5.30.